The van der Waals surface area contributed by atoms with Gasteiger partial charge in [-0.1, -0.05) is 49.3 Å². The second-order valence-electron chi connectivity index (χ2n) is 6.91. The minimum atomic E-state index is -1.98. The van der Waals surface area contributed by atoms with E-state index in [-0.39, 0.29) is 30.4 Å². The van der Waals surface area contributed by atoms with E-state index >= 15 is 0 Å². The molecule has 0 aliphatic heterocycles. The maximum atomic E-state index is 12.9. The van der Waals surface area contributed by atoms with Gasteiger partial charge in [-0.3, -0.25) is 19.2 Å². The van der Waals surface area contributed by atoms with E-state index in [0.29, 0.717) is 0 Å². The minimum Gasteiger partial charge on any atom is -0.480 e. The third-order valence-electron chi connectivity index (χ3n) is 3.47. The maximum Gasteiger partial charge on any atom is 0.322 e. The van der Waals surface area contributed by atoms with E-state index in [1.54, 1.807) is 27.7 Å². The number of aliphatic carboxylic acids is 2. The van der Waals surface area contributed by atoms with Crippen LogP contribution in [0.4, 0.5) is 0 Å². The number of carboxylic acid groups (broad SMARTS) is 2. The standard InChI is InChI=1S/C16H28N2O6S2/c1-8(2)5-11(19)16(13(18)15(23)24,12(20)6-9(3)4)26-25-7-10(17)14(21)22/h8-10,13H,5-7,17-18H2,1-4H3,(H,21,22)(H,23,24)/t10-,13+/m0/s1. The number of carboxylic acids is 2. The molecule has 0 aromatic carbocycles. The molecule has 0 aromatic heterocycles. The fourth-order valence-corrected chi connectivity index (χ4v) is 5.31. The zero-order chi connectivity index (χ0) is 20.7. The van der Waals surface area contributed by atoms with Crippen LogP contribution in [0.1, 0.15) is 40.5 Å². The van der Waals surface area contributed by atoms with Gasteiger partial charge >= 0.3 is 11.9 Å². The Morgan fingerprint density at radius 3 is 1.62 bits per heavy atom. The minimum absolute atomic E-state index is 0.0106. The van der Waals surface area contributed by atoms with E-state index in [1.807, 2.05) is 0 Å². The van der Waals surface area contributed by atoms with Gasteiger partial charge in [-0.05, 0) is 11.8 Å². The van der Waals surface area contributed by atoms with Gasteiger partial charge in [0.2, 0.25) is 0 Å². The highest BCUT2D eigenvalue weighted by Gasteiger charge is 2.53. The zero-order valence-corrected chi connectivity index (χ0v) is 17.1. The van der Waals surface area contributed by atoms with E-state index in [4.69, 9.17) is 16.6 Å². The molecule has 150 valence electrons. The smallest absolute Gasteiger partial charge is 0.322 e. The topological polar surface area (TPSA) is 161 Å². The number of carbonyl (C=O) groups is 4. The lowest BCUT2D eigenvalue weighted by Crippen LogP contribution is -2.60. The molecule has 6 N–H and O–H groups in total. The van der Waals surface area contributed by atoms with E-state index < -0.39 is 40.3 Å². The molecule has 0 saturated heterocycles. The molecule has 0 heterocycles. The van der Waals surface area contributed by atoms with E-state index in [9.17, 15) is 24.3 Å². The maximum absolute atomic E-state index is 12.9. The Labute approximate surface area is 161 Å². The molecule has 26 heavy (non-hydrogen) atoms. The quantitative estimate of drug-likeness (QED) is 0.257. The van der Waals surface area contributed by atoms with Crippen molar-refractivity contribution in [2.24, 2.45) is 23.3 Å². The second kappa shape index (κ2) is 10.9. The Bertz CT molecular complexity index is 517. The number of ketones is 2. The molecule has 0 aromatic rings. The van der Waals surface area contributed by atoms with Crippen molar-refractivity contribution in [3.05, 3.63) is 0 Å². The molecule has 0 amide bonds. The molecule has 8 nitrogen and oxygen atoms in total. The summed E-state index contributed by atoms with van der Waals surface area (Å²) in [7, 11) is 1.60. The third-order valence-corrected chi connectivity index (χ3v) is 6.61. The van der Waals surface area contributed by atoms with Crippen LogP contribution in [0.25, 0.3) is 0 Å². The van der Waals surface area contributed by atoms with Gasteiger partial charge in [0.25, 0.3) is 0 Å². The third kappa shape index (κ3) is 6.90. The first kappa shape index (κ1) is 24.9. The summed E-state index contributed by atoms with van der Waals surface area (Å²) in [6, 6.07) is -2.94. The van der Waals surface area contributed by atoms with Gasteiger partial charge in [0, 0.05) is 18.6 Å². The Hall–Kier alpha value is -1.10. The van der Waals surface area contributed by atoms with Gasteiger partial charge in [-0.2, -0.15) is 0 Å². The van der Waals surface area contributed by atoms with Crippen LogP contribution in [0, 0.1) is 11.8 Å². The Morgan fingerprint density at radius 1 is 0.885 bits per heavy atom. The fourth-order valence-electron chi connectivity index (χ4n) is 2.14. The SMILES string of the molecule is CC(C)CC(=O)C(SSC[C@H](N)C(=O)O)(C(=O)CC(C)C)[C@H](N)C(=O)O. The van der Waals surface area contributed by atoms with Gasteiger partial charge in [-0.15, -0.1) is 0 Å². The molecule has 0 aliphatic carbocycles. The Balaban J connectivity index is 5.85. The lowest BCUT2D eigenvalue weighted by molar-refractivity contribution is -0.145. The first-order valence-electron chi connectivity index (χ1n) is 8.20. The highest BCUT2D eigenvalue weighted by Crippen LogP contribution is 2.42. The van der Waals surface area contributed by atoms with Crippen molar-refractivity contribution in [3.8, 4) is 0 Å². The van der Waals surface area contributed by atoms with Gasteiger partial charge in [-0.25, -0.2) is 0 Å². The second-order valence-corrected chi connectivity index (χ2v) is 9.49. The molecule has 0 fully saturated rings. The van der Waals surface area contributed by atoms with Gasteiger partial charge in [0.15, 0.2) is 16.3 Å². The molecule has 0 aliphatic rings. The van der Waals surface area contributed by atoms with Gasteiger partial charge in [0.05, 0.1) is 0 Å². The summed E-state index contributed by atoms with van der Waals surface area (Å²) in [4.78, 5) is 48.2. The molecule has 0 rings (SSSR count). The molecule has 0 spiro atoms. The number of Topliss-reactive ketones (excluding diaryl/α,β-unsaturated/α-hetero) is 2. The van der Waals surface area contributed by atoms with E-state index in [0.717, 1.165) is 21.6 Å². The van der Waals surface area contributed by atoms with Crippen LogP contribution in [0.3, 0.4) is 0 Å². The van der Waals surface area contributed by atoms with Crippen molar-refractivity contribution < 1.29 is 29.4 Å². The lowest BCUT2D eigenvalue weighted by Gasteiger charge is -2.34. The first-order valence-corrected chi connectivity index (χ1v) is 10.5. The molecular formula is C16H28N2O6S2. The van der Waals surface area contributed by atoms with Crippen LogP contribution in [0.15, 0.2) is 0 Å². The molecule has 0 saturated carbocycles. The number of hydrogen-bond donors (Lipinski definition) is 4. The highest BCUT2D eigenvalue weighted by molar-refractivity contribution is 8.77. The predicted octanol–water partition coefficient (Wildman–Crippen LogP) is 1.16. The Kier molecular flexibility index (Phi) is 10.4. The highest BCUT2D eigenvalue weighted by atomic mass is 33.1. The van der Waals surface area contributed by atoms with Crippen LogP contribution in [-0.4, -0.2) is 56.3 Å². The van der Waals surface area contributed by atoms with Crippen LogP contribution < -0.4 is 11.5 Å². The summed E-state index contributed by atoms with van der Waals surface area (Å²) in [6.45, 7) is 7.11. The molecule has 0 unspecified atom stereocenters. The summed E-state index contributed by atoms with van der Waals surface area (Å²) >= 11 is 0. The monoisotopic (exact) mass is 408 g/mol. The van der Waals surface area contributed by atoms with Crippen LogP contribution in [0.2, 0.25) is 0 Å². The lowest BCUT2D eigenvalue weighted by atomic mass is 9.83. The first-order chi connectivity index (χ1) is 11.9. The average Bonchev–Trinajstić information content (AvgIpc) is 2.48. The van der Waals surface area contributed by atoms with Crippen molar-refractivity contribution in [2.45, 2.75) is 57.4 Å². The summed E-state index contributed by atoms with van der Waals surface area (Å²) in [6.07, 6.45) is -0.0211. The van der Waals surface area contributed by atoms with Crippen LogP contribution >= 0.6 is 21.6 Å². The summed E-state index contributed by atoms with van der Waals surface area (Å²) in [5, 5.41) is 18.3. The van der Waals surface area contributed by atoms with Crippen molar-refractivity contribution in [1.82, 2.24) is 0 Å². The predicted molar refractivity (Wildman–Crippen MR) is 103 cm³/mol. The van der Waals surface area contributed by atoms with Crippen molar-refractivity contribution in [1.29, 1.82) is 0 Å². The number of carbonyl (C=O) groups excluding carboxylic acids is 2. The molecule has 2 atom stereocenters. The fraction of sp³-hybridized carbons (Fsp3) is 0.750. The normalized spacial score (nSPS) is 14.3. The van der Waals surface area contributed by atoms with Crippen molar-refractivity contribution >= 4 is 45.1 Å². The molecule has 0 radical (unpaired) electrons. The van der Waals surface area contributed by atoms with Gasteiger partial charge < -0.3 is 21.7 Å². The van der Waals surface area contributed by atoms with Crippen LogP contribution in [0.5, 0.6) is 0 Å². The summed E-state index contributed by atoms with van der Waals surface area (Å²) < 4.78 is -1.98. The summed E-state index contributed by atoms with van der Waals surface area (Å²) in [5.74, 6) is -4.10. The number of rotatable bonds is 13. The molecule has 10 heteroatoms. The van der Waals surface area contributed by atoms with Crippen molar-refractivity contribution in [3.63, 3.8) is 0 Å². The van der Waals surface area contributed by atoms with Gasteiger partial charge in [0.1, 0.15) is 12.1 Å². The average molecular weight is 409 g/mol. The summed E-state index contributed by atoms with van der Waals surface area (Å²) in [5.41, 5.74) is 11.2. The van der Waals surface area contributed by atoms with E-state index in [2.05, 4.69) is 0 Å². The molecular weight excluding hydrogens is 380 g/mol. The largest absolute Gasteiger partial charge is 0.480 e. The number of nitrogens with two attached hydrogens (primary N) is 2. The van der Waals surface area contributed by atoms with Crippen LogP contribution in [-0.2, 0) is 19.2 Å². The zero-order valence-electron chi connectivity index (χ0n) is 15.4. The number of hydrogen-bond acceptors (Lipinski definition) is 8. The van der Waals surface area contributed by atoms with Crippen molar-refractivity contribution in [2.75, 3.05) is 5.75 Å². The van der Waals surface area contributed by atoms with E-state index in [1.165, 1.54) is 0 Å². The molecule has 0 bridgehead atoms. The Morgan fingerprint density at radius 2 is 1.31 bits per heavy atom.